The zero-order chi connectivity index (χ0) is 12.8. The van der Waals surface area contributed by atoms with Gasteiger partial charge in [-0.15, -0.1) is 0 Å². The van der Waals surface area contributed by atoms with Gasteiger partial charge in [0.25, 0.3) is 0 Å². The largest absolute Gasteiger partial charge is 0.325 e. The predicted octanol–water partition coefficient (Wildman–Crippen LogP) is 1.88. The molecule has 1 aromatic rings. The molecule has 5 rings (SSSR count). The number of rotatable bonds is 0. The van der Waals surface area contributed by atoms with Crippen molar-refractivity contribution in [2.45, 2.75) is 43.6 Å². The van der Waals surface area contributed by atoms with Crippen LogP contribution in [-0.2, 0) is 11.0 Å². The monoisotopic (exact) mass is 256 g/mol. The average molecular weight is 256 g/mol. The van der Waals surface area contributed by atoms with Crippen molar-refractivity contribution in [2.24, 2.45) is 17.8 Å². The van der Waals surface area contributed by atoms with Crippen molar-refractivity contribution in [2.75, 3.05) is 6.54 Å². The summed E-state index contributed by atoms with van der Waals surface area (Å²) in [6.07, 6.45) is 5.29. The second kappa shape index (κ2) is 2.98. The van der Waals surface area contributed by atoms with Crippen LogP contribution in [0.5, 0.6) is 0 Å². The van der Waals surface area contributed by atoms with Crippen molar-refractivity contribution in [3.05, 3.63) is 33.7 Å². The topological polar surface area (TPSA) is 44.9 Å². The summed E-state index contributed by atoms with van der Waals surface area (Å²) in [6.45, 7) is 3.52. The van der Waals surface area contributed by atoms with Gasteiger partial charge < -0.3 is 10.3 Å². The SMILES string of the molecule is CC1CC2C3CCCNC34c3ccc(=O)[nH]c3C24C1. The highest BCUT2D eigenvalue weighted by Crippen LogP contribution is 2.79. The number of piperidine rings is 1. The Balaban J connectivity index is 1.77. The quantitative estimate of drug-likeness (QED) is 0.744. The lowest BCUT2D eigenvalue weighted by Crippen LogP contribution is -2.82. The Morgan fingerprint density at radius 1 is 1.32 bits per heavy atom. The van der Waals surface area contributed by atoms with Crippen LogP contribution in [0.2, 0.25) is 0 Å². The molecule has 2 N–H and O–H groups in total. The highest BCUT2D eigenvalue weighted by molar-refractivity contribution is 5.59. The first kappa shape index (κ1) is 10.7. The van der Waals surface area contributed by atoms with Crippen molar-refractivity contribution < 1.29 is 0 Å². The van der Waals surface area contributed by atoms with Gasteiger partial charge in [0.05, 0.1) is 5.54 Å². The van der Waals surface area contributed by atoms with Gasteiger partial charge in [-0.05, 0) is 61.6 Å². The molecule has 3 fully saturated rings. The summed E-state index contributed by atoms with van der Waals surface area (Å²) in [5, 5.41) is 3.87. The van der Waals surface area contributed by atoms with E-state index in [2.05, 4.69) is 23.3 Å². The molecule has 0 bridgehead atoms. The Hall–Kier alpha value is -1.09. The number of H-pyrrole nitrogens is 1. The smallest absolute Gasteiger partial charge is 0.248 e. The lowest BCUT2D eigenvalue weighted by atomic mass is 9.32. The molecule has 100 valence electrons. The second-order valence-corrected chi connectivity index (χ2v) is 7.22. The molecule has 5 unspecified atom stereocenters. The Kier molecular flexibility index (Phi) is 1.67. The summed E-state index contributed by atoms with van der Waals surface area (Å²) in [7, 11) is 0. The van der Waals surface area contributed by atoms with Gasteiger partial charge in [0, 0.05) is 17.2 Å². The van der Waals surface area contributed by atoms with Gasteiger partial charge in [-0.1, -0.05) is 6.92 Å². The molecule has 5 atom stereocenters. The van der Waals surface area contributed by atoms with Crippen molar-refractivity contribution >= 4 is 0 Å². The first-order chi connectivity index (χ1) is 9.20. The minimum absolute atomic E-state index is 0.0699. The summed E-state index contributed by atoms with van der Waals surface area (Å²) < 4.78 is 0. The van der Waals surface area contributed by atoms with E-state index in [1.807, 2.05) is 0 Å². The number of aromatic nitrogens is 1. The average Bonchev–Trinajstić information content (AvgIpc) is 2.75. The maximum atomic E-state index is 11.7. The fraction of sp³-hybridized carbons (Fsp3) is 0.688. The molecule has 4 aliphatic rings. The van der Waals surface area contributed by atoms with Crippen LogP contribution in [0.4, 0.5) is 0 Å². The van der Waals surface area contributed by atoms with E-state index in [0.29, 0.717) is 0 Å². The molecule has 1 aliphatic heterocycles. The van der Waals surface area contributed by atoms with Crippen LogP contribution in [0.1, 0.15) is 43.9 Å². The summed E-state index contributed by atoms with van der Waals surface area (Å²) in [5.41, 5.74) is 3.25. The van der Waals surface area contributed by atoms with Crippen LogP contribution in [0.3, 0.4) is 0 Å². The van der Waals surface area contributed by atoms with Crippen LogP contribution < -0.4 is 10.9 Å². The lowest BCUT2D eigenvalue weighted by molar-refractivity contribution is -0.149. The molecule has 1 aromatic heterocycles. The minimum Gasteiger partial charge on any atom is -0.325 e. The maximum Gasteiger partial charge on any atom is 0.248 e. The molecule has 3 heteroatoms. The Bertz CT molecular complexity index is 636. The summed E-state index contributed by atoms with van der Waals surface area (Å²) in [4.78, 5) is 14.9. The van der Waals surface area contributed by atoms with Gasteiger partial charge in [-0.25, -0.2) is 0 Å². The van der Waals surface area contributed by atoms with Gasteiger partial charge in [0.2, 0.25) is 5.56 Å². The highest BCUT2D eigenvalue weighted by Gasteiger charge is 2.81. The number of pyridine rings is 1. The first-order valence-corrected chi connectivity index (χ1v) is 7.69. The third kappa shape index (κ3) is 0.865. The summed E-state index contributed by atoms with van der Waals surface area (Å²) in [6, 6.07) is 3.80. The number of hydrogen-bond donors (Lipinski definition) is 2. The molecular formula is C16H20N2O. The Morgan fingerprint density at radius 3 is 3.11 bits per heavy atom. The zero-order valence-electron chi connectivity index (χ0n) is 11.3. The van der Waals surface area contributed by atoms with Gasteiger partial charge in [-0.2, -0.15) is 0 Å². The molecule has 2 heterocycles. The molecule has 0 radical (unpaired) electrons. The van der Waals surface area contributed by atoms with E-state index in [9.17, 15) is 4.79 Å². The van der Waals surface area contributed by atoms with Gasteiger partial charge in [0.1, 0.15) is 0 Å². The molecule has 1 saturated heterocycles. The van der Waals surface area contributed by atoms with Crippen LogP contribution in [0.15, 0.2) is 16.9 Å². The van der Waals surface area contributed by atoms with Crippen molar-refractivity contribution in [1.29, 1.82) is 0 Å². The fourth-order valence-corrected chi connectivity index (χ4v) is 6.34. The van der Waals surface area contributed by atoms with Gasteiger partial charge in [-0.3, -0.25) is 4.79 Å². The third-order valence-corrected chi connectivity index (χ3v) is 6.59. The number of nitrogens with one attached hydrogen (secondary N) is 2. The molecule has 0 aromatic carbocycles. The Labute approximate surface area is 112 Å². The lowest BCUT2D eigenvalue weighted by Gasteiger charge is -2.76. The normalized spacial score (nSPS) is 49.2. The second-order valence-electron chi connectivity index (χ2n) is 7.22. The maximum absolute atomic E-state index is 11.7. The molecule has 3 nitrogen and oxygen atoms in total. The van der Waals surface area contributed by atoms with E-state index < -0.39 is 0 Å². The molecular weight excluding hydrogens is 236 g/mol. The molecule has 19 heavy (non-hydrogen) atoms. The van der Waals surface area contributed by atoms with Crippen molar-refractivity contribution in [1.82, 2.24) is 10.3 Å². The zero-order valence-corrected chi connectivity index (χ0v) is 11.3. The van der Waals surface area contributed by atoms with E-state index in [0.717, 1.165) is 24.3 Å². The van der Waals surface area contributed by atoms with E-state index in [-0.39, 0.29) is 16.5 Å². The summed E-state index contributed by atoms with van der Waals surface area (Å²) >= 11 is 0. The molecule has 0 amide bonds. The van der Waals surface area contributed by atoms with E-state index in [1.54, 1.807) is 6.07 Å². The molecule has 3 aliphatic carbocycles. The number of hydrogen-bond acceptors (Lipinski definition) is 2. The molecule has 2 spiro atoms. The fourth-order valence-electron chi connectivity index (χ4n) is 6.34. The van der Waals surface area contributed by atoms with E-state index in [1.165, 1.54) is 36.9 Å². The van der Waals surface area contributed by atoms with Crippen molar-refractivity contribution in [3.63, 3.8) is 0 Å². The van der Waals surface area contributed by atoms with Crippen LogP contribution >= 0.6 is 0 Å². The Morgan fingerprint density at radius 2 is 2.21 bits per heavy atom. The number of aromatic amines is 1. The highest BCUT2D eigenvalue weighted by atomic mass is 16.1. The van der Waals surface area contributed by atoms with Crippen LogP contribution in [-0.4, -0.2) is 11.5 Å². The summed E-state index contributed by atoms with van der Waals surface area (Å²) in [5.74, 6) is 2.41. The predicted molar refractivity (Wildman–Crippen MR) is 73.0 cm³/mol. The van der Waals surface area contributed by atoms with Crippen LogP contribution in [0.25, 0.3) is 0 Å². The molecule has 2 saturated carbocycles. The first-order valence-electron chi connectivity index (χ1n) is 7.69. The van der Waals surface area contributed by atoms with Gasteiger partial charge in [0.15, 0.2) is 0 Å². The standard InChI is InChI=1S/C16H20N2O/c1-9-7-12-10-3-2-6-17-16(10)11-4-5-13(19)18-14(11)15(12,16)8-9/h4-5,9-10,12,17H,2-3,6-8H2,1H3,(H,18,19). The minimum atomic E-state index is 0.0699. The van der Waals surface area contributed by atoms with Crippen molar-refractivity contribution in [3.8, 4) is 0 Å². The van der Waals surface area contributed by atoms with Crippen LogP contribution in [0, 0.1) is 17.8 Å². The third-order valence-electron chi connectivity index (χ3n) is 6.59. The van der Waals surface area contributed by atoms with E-state index in [4.69, 9.17) is 0 Å². The van der Waals surface area contributed by atoms with Gasteiger partial charge >= 0.3 is 0 Å². The number of fused-ring (bicyclic) bond motifs is 2. The van der Waals surface area contributed by atoms with E-state index >= 15 is 0 Å².